The number of carbonyl (C=O) groups is 1. The summed E-state index contributed by atoms with van der Waals surface area (Å²) in [6, 6.07) is 13.0. The fourth-order valence-corrected chi connectivity index (χ4v) is 6.20. The lowest BCUT2D eigenvalue weighted by molar-refractivity contribution is 0.0144. The molecule has 3 aliphatic rings. The maximum Gasteiger partial charge on any atom is 0.410 e. The number of likely N-dealkylation sites (tertiary alicyclic amines) is 1. The van der Waals surface area contributed by atoms with Crippen LogP contribution in [-0.4, -0.2) is 108 Å². The van der Waals surface area contributed by atoms with Crippen LogP contribution in [0.25, 0.3) is 0 Å². The van der Waals surface area contributed by atoms with Gasteiger partial charge >= 0.3 is 12.1 Å². The minimum Gasteiger partial charge on any atom is -0.462 e. The molecule has 0 aliphatic carbocycles. The number of rotatable bonds is 8. The number of ether oxygens (including phenoxy) is 3. The summed E-state index contributed by atoms with van der Waals surface area (Å²) in [7, 11) is 3.84. The van der Waals surface area contributed by atoms with Crippen molar-refractivity contribution in [2.45, 2.75) is 76.9 Å². The Morgan fingerprint density at radius 1 is 1.09 bits per heavy atom. The highest BCUT2D eigenvalue weighted by atomic mass is 16.6. The molecule has 43 heavy (non-hydrogen) atoms. The number of likely N-dealkylation sites (N-methyl/N-ethyl adjacent to an activating group) is 1. The highest BCUT2D eigenvalue weighted by Crippen LogP contribution is 2.32. The van der Waals surface area contributed by atoms with Crippen molar-refractivity contribution in [2.24, 2.45) is 0 Å². The van der Waals surface area contributed by atoms with E-state index < -0.39 is 5.60 Å². The van der Waals surface area contributed by atoms with E-state index in [4.69, 9.17) is 24.2 Å². The number of methoxy groups -OCH3 is 1. The number of aromatic nitrogens is 2. The van der Waals surface area contributed by atoms with Crippen molar-refractivity contribution in [1.29, 1.82) is 5.26 Å². The first kappa shape index (κ1) is 31.0. The van der Waals surface area contributed by atoms with E-state index in [1.165, 1.54) is 5.56 Å². The predicted octanol–water partition coefficient (Wildman–Crippen LogP) is 3.47. The van der Waals surface area contributed by atoms with Crippen LogP contribution in [-0.2, 0) is 29.0 Å². The number of amides is 1. The van der Waals surface area contributed by atoms with Gasteiger partial charge in [-0.15, -0.1) is 0 Å². The fourth-order valence-electron chi connectivity index (χ4n) is 6.20. The van der Waals surface area contributed by atoms with Gasteiger partial charge in [-0.1, -0.05) is 30.3 Å². The van der Waals surface area contributed by atoms with Crippen LogP contribution in [0, 0.1) is 11.3 Å². The van der Waals surface area contributed by atoms with Gasteiger partial charge < -0.3 is 24.0 Å². The fraction of sp³-hybridized carbons (Fsp3) is 0.625. The second kappa shape index (κ2) is 13.5. The van der Waals surface area contributed by atoms with Crippen LogP contribution >= 0.6 is 0 Å². The van der Waals surface area contributed by atoms with Crippen molar-refractivity contribution in [2.75, 3.05) is 58.4 Å². The van der Waals surface area contributed by atoms with Crippen LogP contribution < -0.4 is 9.64 Å². The number of nitrogens with zero attached hydrogens (tertiary/aromatic N) is 7. The van der Waals surface area contributed by atoms with Crippen LogP contribution in [0.2, 0.25) is 0 Å². The lowest BCUT2D eigenvalue weighted by Gasteiger charge is -2.42. The summed E-state index contributed by atoms with van der Waals surface area (Å²) in [6.45, 7) is 10.9. The summed E-state index contributed by atoms with van der Waals surface area (Å²) in [5.41, 5.74) is 2.76. The van der Waals surface area contributed by atoms with Crippen LogP contribution in [0.15, 0.2) is 30.3 Å². The van der Waals surface area contributed by atoms with Gasteiger partial charge in [-0.3, -0.25) is 9.80 Å². The Morgan fingerprint density at radius 2 is 1.88 bits per heavy atom. The minimum atomic E-state index is -0.605. The summed E-state index contributed by atoms with van der Waals surface area (Å²) >= 11 is 0. The van der Waals surface area contributed by atoms with Gasteiger partial charge in [-0.2, -0.15) is 15.2 Å². The molecule has 0 bridgehead atoms. The summed E-state index contributed by atoms with van der Waals surface area (Å²) < 4.78 is 17.5. The van der Waals surface area contributed by atoms with Crippen LogP contribution in [0.4, 0.5) is 10.6 Å². The van der Waals surface area contributed by atoms with E-state index in [0.29, 0.717) is 38.8 Å². The predicted molar refractivity (Wildman–Crippen MR) is 163 cm³/mol. The molecule has 2 aromatic rings. The SMILES string of the molecule is CO[C@@H]1C[C@@H](COc2nc3c(c(N4CCN(C(=O)OC(C)(C)C)[C@@H](CC#N)C4)n2)CCN(Cc2ccccc2)C3)N(C)C1. The molecule has 0 saturated carbocycles. The van der Waals surface area contributed by atoms with Crippen molar-refractivity contribution >= 4 is 11.9 Å². The van der Waals surface area contributed by atoms with E-state index in [-0.39, 0.29) is 30.7 Å². The first-order valence-electron chi connectivity index (χ1n) is 15.3. The standard InChI is InChI=1S/C32H45N7O4/c1-32(2,3)43-31(40)39-16-15-38(19-24(39)11-13-33)29-27-12-14-37(18-23-9-7-6-8-10-23)21-28(27)34-30(35-29)42-22-25-17-26(41-5)20-36(25)4/h6-10,24-26H,11-12,14-22H2,1-5H3/t24-,25-,26+/m0/s1. The van der Waals surface area contributed by atoms with Gasteiger partial charge in [0.25, 0.3) is 0 Å². The zero-order chi connectivity index (χ0) is 30.6. The second-order valence-electron chi connectivity index (χ2n) is 12.8. The molecule has 3 aliphatic heterocycles. The van der Waals surface area contributed by atoms with E-state index in [1.54, 1.807) is 12.0 Å². The van der Waals surface area contributed by atoms with Gasteiger partial charge in [-0.05, 0) is 46.2 Å². The maximum atomic E-state index is 13.0. The monoisotopic (exact) mass is 591 g/mol. The number of hydrogen-bond acceptors (Lipinski definition) is 10. The lowest BCUT2D eigenvalue weighted by Crippen LogP contribution is -2.56. The van der Waals surface area contributed by atoms with Gasteiger partial charge in [0.15, 0.2) is 0 Å². The van der Waals surface area contributed by atoms with Crippen LogP contribution in [0.5, 0.6) is 6.01 Å². The Morgan fingerprint density at radius 3 is 2.58 bits per heavy atom. The molecule has 2 saturated heterocycles. The third-order valence-electron chi connectivity index (χ3n) is 8.48. The summed E-state index contributed by atoms with van der Waals surface area (Å²) in [4.78, 5) is 31.5. The van der Waals surface area contributed by atoms with Gasteiger partial charge in [0.2, 0.25) is 0 Å². The number of hydrogen-bond donors (Lipinski definition) is 0. The number of anilines is 1. The average molecular weight is 592 g/mol. The molecule has 232 valence electrons. The van der Waals surface area contributed by atoms with Crippen LogP contribution in [0.1, 0.15) is 50.4 Å². The molecule has 0 unspecified atom stereocenters. The third-order valence-corrected chi connectivity index (χ3v) is 8.48. The lowest BCUT2D eigenvalue weighted by atomic mass is 10.0. The number of nitriles is 1. The van der Waals surface area contributed by atoms with Gasteiger partial charge in [0.05, 0.1) is 30.3 Å². The minimum absolute atomic E-state index is 0.198. The molecule has 0 radical (unpaired) electrons. The van der Waals surface area contributed by atoms with E-state index in [0.717, 1.165) is 49.6 Å². The highest BCUT2D eigenvalue weighted by molar-refractivity contribution is 5.69. The molecule has 2 fully saturated rings. The van der Waals surface area contributed by atoms with E-state index in [1.807, 2.05) is 26.8 Å². The number of benzene rings is 1. The normalized spacial score (nSPS) is 23.1. The molecule has 1 aromatic carbocycles. The average Bonchev–Trinajstić information content (AvgIpc) is 3.34. The first-order chi connectivity index (χ1) is 20.6. The Labute approximate surface area is 255 Å². The Kier molecular flexibility index (Phi) is 9.69. The molecule has 0 N–H and O–H groups in total. The van der Waals surface area contributed by atoms with Gasteiger partial charge in [0, 0.05) is 64.5 Å². The molecule has 1 aromatic heterocycles. The van der Waals surface area contributed by atoms with Crippen LogP contribution in [0.3, 0.4) is 0 Å². The van der Waals surface area contributed by atoms with Crippen molar-refractivity contribution in [1.82, 2.24) is 24.7 Å². The Balaban J connectivity index is 1.38. The van der Waals surface area contributed by atoms with E-state index in [9.17, 15) is 10.1 Å². The van der Waals surface area contributed by atoms with Gasteiger partial charge in [0.1, 0.15) is 18.0 Å². The molecule has 0 spiro atoms. The van der Waals surface area contributed by atoms with Gasteiger partial charge in [-0.25, -0.2) is 4.79 Å². The number of fused-ring (bicyclic) bond motifs is 1. The molecule has 4 heterocycles. The van der Waals surface area contributed by atoms with Crippen molar-refractivity contribution < 1.29 is 19.0 Å². The zero-order valence-corrected chi connectivity index (χ0v) is 26.2. The molecular formula is C32H45N7O4. The molecular weight excluding hydrogens is 546 g/mol. The molecule has 3 atom stereocenters. The largest absolute Gasteiger partial charge is 0.462 e. The summed E-state index contributed by atoms with van der Waals surface area (Å²) in [5, 5.41) is 9.61. The maximum absolute atomic E-state index is 13.0. The second-order valence-corrected chi connectivity index (χ2v) is 12.8. The molecule has 1 amide bonds. The van der Waals surface area contributed by atoms with Crippen molar-refractivity contribution in [3.8, 4) is 12.1 Å². The quantitative estimate of drug-likeness (QED) is 0.453. The Hall–Kier alpha value is -3.46. The summed E-state index contributed by atoms with van der Waals surface area (Å²) in [5.74, 6) is 0.848. The highest BCUT2D eigenvalue weighted by Gasteiger charge is 2.36. The van der Waals surface area contributed by atoms with Crippen molar-refractivity contribution in [3.63, 3.8) is 0 Å². The van der Waals surface area contributed by atoms with E-state index >= 15 is 0 Å². The third kappa shape index (κ3) is 7.74. The smallest absolute Gasteiger partial charge is 0.410 e. The molecule has 11 heteroatoms. The van der Waals surface area contributed by atoms with E-state index in [2.05, 4.69) is 52.1 Å². The molecule has 11 nitrogen and oxygen atoms in total. The van der Waals surface area contributed by atoms with Crippen molar-refractivity contribution in [3.05, 3.63) is 47.2 Å². The number of carbonyl (C=O) groups excluding carboxylic acids is 1. The number of piperazine rings is 1. The summed E-state index contributed by atoms with van der Waals surface area (Å²) in [6.07, 6.45) is 1.74. The first-order valence-corrected chi connectivity index (χ1v) is 15.3. The Bertz CT molecular complexity index is 1300. The molecule has 5 rings (SSSR count). The zero-order valence-electron chi connectivity index (χ0n) is 26.2. The topological polar surface area (TPSA) is 107 Å².